The molecule has 0 aliphatic heterocycles. The third kappa shape index (κ3) is 3.50. The second-order valence-corrected chi connectivity index (χ2v) is 3.88. The van der Waals surface area contributed by atoms with Gasteiger partial charge in [-0.25, -0.2) is 4.79 Å². The van der Waals surface area contributed by atoms with Gasteiger partial charge in [-0.05, 0) is 18.2 Å². The average Bonchev–Trinajstić information content (AvgIpc) is 2.82. The maximum absolute atomic E-state index is 12.3. The van der Waals surface area contributed by atoms with Crippen LogP contribution in [0, 0.1) is 0 Å². The fourth-order valence-electron chi connectivity index (χ4n) is 1.61. The van der Waals surface area contributed by atoms with E-state index in [9.17, 15) is 18.0 Å². The molecule has 1 N–H and O–H groups in total. The number of aromatic carboxylic acids is 1. The van der Waals surface area contributed by atoms with E-state index >= 15 is 0 Å². The highest BCUT2D eigenvalue weighted by atomic mass is 19.4. The third-order valence-corrected chi connectivity index (χ3v) is 2.43. The smallest absolute Gasteiger partial charge is 0.478 e. The van der Waals surface area contributed by atoms with Gasteiger partial charge < -0.3 is 9.84 Å². The second-order valence-electron chi connectivity index (χ2n) is 3.88. The highest BCUT2D eigenvalue weighted by molar-refractivity contribution is 5.88. The molecule has 20 heavy (non-hydrogen) atoms. The van der Waals surface area contributed by atoms with E-state index in [4.69, 9.17) is 5.11 Å². The van der Waals surface area contributed by atoms with Crippen LogP contribution in [0.15, 0.2) is 36.7 Å². The molecule has 106 valence electrons. The first-order valence-electron chi connectivity index (χ1n) is 5.44. The predicted octanol–water partition coefficient (Wildman–Crippen LogP) is 2.53. The molecule has 0 aliphatic carbocycles. The van der Waals surface area contributed by atoms with Crippen molar-refractivity contribution in [3.05, 3.63) is 47.8 Å². The zero-order chi connectivity index (χ0) is 14.8. The van der Waals surface area contributed by atoms with E-state index in [1.165, 1.54) is 23.0 Å². The number of carboxylic acids is 1. The van der Waals surface area contributed by atoms with Gasteiger partial charge >= 0.3 is 12.3 Å². The van der Waals surface area contributed by atoms with Crippen LogP contribution in [0.25, 0.3) is 0 Å². The summed E-state index contributed by atoms with van der Waals surface area (Å²) in [5, 5.41) is 12.7. The number of aromatic nitrogens is 2. The van der Waals surface area contributed by atoms with Gasteiger partial charge in [0.15, 0.2) is 0 Å². The van der Waals surface area contributed by atoms with E-state index in [2.05, 4.69) is 9.84 Å². The lowest BCUT2D eigenvalue weighted by Crippen LogP contribution is -2.19. The predicted molar refractivity (Wildman–Crippen MR) is 61.4 cm³/mol. The minimum absolute atomic E-state index is 0.0400. The van der Waals surface area contributed by atoms with Crippen LogP contribution in [0.2, 0.25) is 0 Å². The maximum atomic E-state index is 12.3. The number of nitrogens with zero attached hydrogens (tertiary/aromatic N) is 2. The van der Waals surface area contributed by atoms with Gasteiger partial charge in [-0.3, -0.25) is 4.68 Å². The Bertz CT molecular complexity index is 609. The summed E-state index contributed by atoms with van der Waals surface area (Å²) < 4.78 is 42.3. The molecule has 0 saturated heterocycles. The number of carbonyl (C=O) groups is 1. The molecule has 1 aromatic carbocycles. The van der Waals surface area contributed by atoms with Crippen molar-refractivity contribution in [2.45, 2.75) is 12.9 Å². The van der Waals surface area contributed by atoms with Crippen molar-refractivity contribution in [1.29, 1.82) is 0 Å². The first kappa shape index (κ1) is 13.9. The Morgan fingerprint density at radius 1 is 1.40 bits per heavy atom. The lowest BCUT2D eigenvalue weighted by atomic mass is 10.1. The number of halogens is 3. The fourth-order valence-corrected chi connectivity index (χ4v) is 1.61. The van der Waals surface area contributed by atoms with Crippen LogP contribution in [0.4, 0.5) is 13.2 Å². The molecule has 0 spiro atoms. The fraction of sp³-hybridized carbons (Fsp3) is 0.167. The second kappa shape index (κ2) is 5.24. The van der Waals surface area contributed by atoms with Crippen LogP contribution in [0.1, 0.15) is 15.9 Å². The SMILES string of the molecule is O=C(O)c1ccc(Cn2cccn2)c(OC(F)(F)F)c1. The van der Waals surface area contributed by atoms with E-state index < -0.39 is 18.1 Å². The highest BCUT2D eigenvalue weighted by Gasteiger charge is 2.32. The van der Waals surface area contributed by atoms with E-state index in [1.54, 1.807) is 12.3 Å². The minimum atomic E-state index is -4.89. The Morgan fingerprint density at radius 3 is 2.70 bits per heavy atom. The summed E-state index contributed by atoms with van der Waals surface area (Å²) in [4.78, 5) is 10.8. The molecule has 2 rings (SSSR count). The van der Waals surface area contributed by atoms with Gasteiger partial charge in [0.1, 0.15) is 5.75 Å². The summed E-state index contributed by atoms with van der Waals surface area (Å²) in [7, 11) is 0. The quantitative estimate of drug-likeness (QED) is 0.938. The lowest BCUT2D eigenvalue weighted by molar-refractivity contribution is -0.274. The summed E-state index contributed by atoms with van der Waals surface area (Å²) in [6, 6.07) is 4.95. The standard InChI is InChI=1S/C12H9F3N2O3/c13-12(14,15)20-10-6-8(11(18)19)2-3-9(10)7-17-5-1-4-16-17/h1-6H,7H2,(H,18,19). The number of rotatable bonds is 4. The molecule has 0 unspecified atom stereocenters. The molecule has 0 radical (unpaired) electrons. The van der Waals surface area contributed by atoms with Crippen molar-refractivity contribution in [3.63, 3.8) is 0 Å². The van der Waals surface area contributed by atoms with Gasteiger partial charge in [0.25, 0.3) is 0 Å². The van der Waals surface area contributed by atoms with Crippen LogP contribution in [-0.4, -0.2) is 27.2 Å². The Labute approximate surface area is 111 Å². The van der Waals surface area contributed by atoms with Crippen molar-refractivity contribution in [2.24, 2.45) is 0 Å². The van der Waals surface area contributed by atoms with Gasteiger partial charge in [0, 0.05) is 18.0 Å². The molecule has 0 saturated carbocycles. The summed E-state index contributed by atoms with van der Waals surface area (Å²) in [5.74, 6) is -1.88. The molecule has 8 heteroatoms. The molecular formula is C12H9F3N2O3. The van der Waals surface area contributed by atoms with Gasteiger partial charge in [0.2, 0.25) is 0 Å². The molecular weight excluding hydrogens is 277 g/mol. The molecule has 0 bridgehead atoms. The minimum Gasteiger partial charge on any atom is -0.478 e. The van der Waals surface area contributed by atoms with Crippen molar-refractivity contribution >= 4 is 5.97 Å². The molecule has 0 amide bonds. The Hall–Kier alpha value is -2.51. The van der Waals surface area contributed by atoms with Gasteiger partial charge in [0.05, 0.1) is 12.1 Å². The van der Waals surface area contributed by atoms with E-state index in [-0.39, 0.29) is 17.7 Å². The number of hydrogen-bond donors (Lipinski definition) is 1. The molecule has 2 aromatic rings. The van der Waals surface area contributed by atoms with Crippen LogP contribution in [0.5, 0.6) is 5.75 Å². The summed E-state index contributed by atoms with van der Waals surface area (Å²) in [5.41, 5.74) is -0.107. The Kier molecular flexibility index (Phi) is 3.64. The molecule has 0 atom stereocenters. The van der Waals surface area contributed by atoms with Gasteiger partial charge in [-0.1, -0.05) is 6.07 Å². The number of hydrogen-bond acceptors (Lipinski definition) is 3. The topological polar surface area (TPSA) is 64.3 Å². The van der Waals surface area contributed by atoms with Gasteiger partial charge in [-0.2, -0.15) is 5.10 Å². The van der Waals surface area contributed by atoms with E-state index in [0.29, 0.717) is 0 Å². The Balaban J connectivity index is 2.36. The summed E-state index contributed by atoms with van der Waals surface area (Å²) in [6.45, 7) is 0.0400. The Morgan fingerprint density at radius 2 is 2.15 bits per heavy atom. The van der Waals surface area contributed by atoms with Crippen LogP contribution < -0.4 is 4.74 Å². The molecule has 0 fully saturated rings. The van der Waals surface area contributed by atoms with Crippen molar-refractivity contribution < 1.29 is 27.8 Å². The zero-order valence-electron chi connectivity index (χ0n) is 9.96. The number of alkyl halides is 3. The summed E-state index contributed by atoms with van der Waals surface area (Å²) >= 11 is 0. The largest absolute Gasteiger partial charge is 0.573 e. The average molecular weight is 286 g/mol. The number of benzene rings is 1. The zero-order valence-corrected chi connectivity index (χ0v) is 9.96. The van der Waals surface area contributed by atoms with Gasteiger partial charge in [-0.15, -0.1) is 13.2 Å². The highest BCUT2D eigenvalue weighted by Crippen LogP contribution is 2.28. The van der Waals surface area contributed by atoms with Crippen LogP contribution >= 0.6 is 0 Å². The van der Waals surface area contributed by atoms with Crippen molar-refractivity contribution in [1.82, 2.24) is 9.78 Å². The van der Waals surface area contributed by atoms with Crippen LogP contribution in [0.3, 0.4) is 0 Å². The number of carboxylic acid groups (broad SMARTS) is 1. The van der Waals surface area contributed by atoms with Crippen molar-refractivity contribution in [3.8, 4) is 5.75 Å². The first-order valence-corrected chi connectivity index (χ1v) is 5.44. The molecule has 5 nitrogen and oxygen atoms in total. The number of ether oxygens (including phenoxy) is 1. The monoisotopic (exact) mass is 286 g/mol. The van der Waals surface area contributed by atoms with E-state index in [1.807, 2.05) is 0 Å². The normalized spacial score (nSPS) is 11.3. The van der Waals surface area contributed by atoms with E-state index in [0.717, 1.165) is 6.07 Å². The van der Waals surface area contributed by atoms with Crippen molar-refractivity contribution in [2.75, 3.05) is 0 Å². The molecule has 0 aliphatic rings. The maximum Gasteiger partial charge on any atom is 0.573 e. The summed E-state index contributed by atoms with van der Waals surface area (Å²) in [6.07, 6.45) is -1.84. The molecule has 1 aromatic heterocycles. The third-order valence-electron chi connectivity index (χ3n) is 2.43. The lowest BCUT2D eigenvalue weighted by Gasteiger charge is -2.14. The van der Waals surface area contributed by atoms with Crippen LogP contribution in [-0.2, 0) is 6.54 Å². The first-order chi connectivity index (χ1) is 9.35. The molecule has 1 heterocycles.